The highest BCUT2D eigenvalue weighted by Gasteiger charge is 2.32. The van der Waals surface area contributed by atoms with E-state index in [4.69, 9.17) is 14.2 Å². The highest BCUT2D eigenvalue weighted by molar-refractivity contribution is 8.00. The Morgan fingerprint density at radius 3 is 2.65 bits per heavy atom. The number of hydrogen-bond donors (Lipinski definition) is 0. The second kappa shape index (κ2) is 8.45. The largest absolute Gasteiger partial charge is 0.493 e. The van der Waals surface area contributed by atoms with Gasteiger partial charge in [0.25, 0.3) is 0 Å². The van der Waals surface area contributed by atoms with E-state index in [1.807, 2.05) is 36.9 Å². The third-order valence-electron chi connectivity index (χ3n) is 3.66. The third kappa shape index (κ3) is 4.54. The Morgan fingerprint density at radius 2 is 2.00 bits per heavy atom. The summed E-state index contributed by atoms with van der Waals surface area (Å²) in [7, 11) is 3.24. The van der Waals surface area contributed by atoms with Gasteiger partial charge in [-0.1, -0.05) is 6.07 Å². The van der Waals surface area contributed by atoms with Crippen LogP contribution in [-0.4, -0.2) is 50.0 Å². The lowest BCUT2D eigenvalue weighted by Crippen LogP contribution is -2.30. The van der Waals surface area contributed by atoms with Crippen LogP contribution in [0.25, 0.3) is 0 Å². The van der Waals surface area contributed by atoms with E-state index in [1.165, 1.54) is 0 Å². The fraction of sp³-hybridized carbons (Fsp3) is 0.588. The third-order valence-corrected chi connectivity index (χ3v) is 4.91. The topological polar surface area (TPSA) is 48.0 Å². The minimum Gasteiger partial charge on any atom is -0.493 e. The molecule has 2 rings (SSSR count). The molecule has 23 heavy (non-hydrogen) atoms. The molecule has 5 nitrogen and oxygen atoms in total. The first-order valence-corrected chi connectivity index (χ1v) is 8.86. The zero-order valence-corrected chi connectivity index (χ0v) is 15.0. The van der Waals surface area contributed by atoms with Gasteiger partial charge in [0, 0.05) is 13.2 Å². The van der Waals surface area contributed by atoms with Gasteiger partial charge in [0.15, 0.2) is 11.5 Å². The number of carbonyl (C=O) groups is 1. The van der Waals surface area contributed by atoms with Gasteiger partial charge in [-0.05, 0) is 38.0 Å². The van der Waals surface area contributed by atoms with Crippen LogP contribution in [0.1, 0.15) is 31.2 Å². The molecule has 0 bridgehead atoms. The number of nitrogens with zero attached hydrogens (tertiary/aromatic N) is 1. The minimum atomic E-state index is 0.0290. The van der Waals surface area contributed by atoms with Crippen LogP contribution in [0.3, 0.4) is 0 Å². The van der Waals surface area contributed by atoms with E-state index in [0.717, 1.165) is 12.0 Å². The van der Waals surface area contributed by atoms with E-state index >= 15 is 0 Å². The highest BCUT2D eigenvalue weighted by Crippen LogP contribution is 2.41. The first-order chi connectivity index (χ1) is 11.1. The Bertz CT molecular complexity index is 535. The zero-order chi connectivity index (χ0) is 16.8. The van der Waals surface area contributed by atoms with Crippen molar-refractivity contribution < 1.29 is 19.0 Å². The van der Waals surface area contributed by atoms with Gasteiger partial charge in [0.1, 0.15) is 5.37 Å². The molecule has 6 heteroatoms. The van der Waals surface area contributed by atoms with Gasteiger partial charge < -0.3 is 19.1 Å². The van der Waals surface area contributed by atoms with Gasteiger partial charge in [-0.3, -0.25) is 4.79 Å². The number of ether oxygens (including phenoxy) is 3. The lowest BCUT2D eigenvalue weighted by molar-refractivity contribution is -0.128. The summed E-state index contributed by atoms with van der Waals surface area (Å²) in [5.41, 5.74) is 1.06. The molecule has 0 radical (unpaired) electrons. The van der Waals surface area contributed by atoms with Gasteiger partial charge in [0.05, 0.1) is 26.1 Å². The van der Waals surface area contributed by atoms with Crippen molar-refractivity contribution in [1.29, 1.82) is 0 Å². The molecular formula is C17H25NO4S. The van der Waals surface area contributed by atoms with Crippen molar-refractivity contribution in [2.24, 2.45) is 0 Å². The van der Waals surface area contributed by atoms with Gasteiger partial charge in [0.2, 0.25) is 5.91 Å². The van der Waals surface area contributed by atoms with E-state index in [0.29, 0.717) is 30.4 Å². The van der Waals surface area contributed by atoms with E-state index in [9.17, 15) is 4.79 Å². The van der Waals surface area contributed by atoms with Crippen LogP contribution in [0.5, 0.6) is 11.5 Å². The van der Waals surface area contributed by atoms with E-state index in [1.54, 1.807) is 26.0 Å². The molecule has 1 amide bonds. The van der Waals surface area contributed by atoms with Crippen LogP contribution >= 0.6 is 11.8 Å². The van der Waals surface area contributed by atoms with Crippen LogP contribution < -0.4 is 9.47 Å². The number of hydrogen-bond acceptors (Lipinski definition) is 5. The van der Waals surface area contributed by atoms with Crippen LogP contribution in [0.2, 0.25) is 0 Å². The summed E-state index contributed by atoms with van der Waals surface area (Å²) in [5.74, 6) is 2.08. The molecule has 0 saturated carbocycles. The maximum Gasteiger partial charge on any atom is 0.233 e. The Morgan fingerprint density at radius 1 is 1.26 bits per heavy atom. The van der Waals surface area contributed by atoms with Gasteiger partial charge >= 0.3 is 0 Å². The number of methoxy groups -OCH3 is 2. The molecule has 1 aliphatic heterocycles. The Hall–Kier alpha value is -1.40. The minimum absolute atomic E-state index is 0.0290. The lowest BCUT2D eigenvalue weighted by atomic mass is 10.1. The summed E-state index contributed by atoms with van der Waals surface area (Å²) < 4.78 is 16.2. The normalized spacial score (nSPS) is 17.9. The predicted molar refractivity (Wildman–Crippen MR) is 92.2 cm³/mol. The highest BCUT2D eigenvalue weighted by atomic mass is 32.2. The molecule has 1 saturated heterocycles. The molecular weight excluding hydrogens is 314 g/mol. The van der Waals surface area contributed by atoms with Crippen molar-refractivity contribution in [2.75, 3.05) is 33.1 Å². The van der Waals surface area contributed by atoms with Crippen LogP contribution in [-0.2, 0) is 9.53 Å². The van der Waals surface area contributed by atoms with E-state index in [2.05, 4.69) is 0 Å². The summed E-state index contributed by atoms with van der Waals surface area (Å²) in [6.45, 7) is 5.41. The Kier molecular flexibility index (Phi) is 6.59. The standard InChI is InChI=1S/C17H25NO4S/c1-12(2)22-9-5-8-18-16(19)11-23-17(18)13-6-7-14(20-3)15(10-13)21-4/h6-7,10,12,17H,5,8-9,11H2,1-4H3. The number of benzene rings is 1. The molecule has 0 N–H and O–H groups in total. The summed E-state index contributed by atoms with van der Waals surface area (Å²) >= 11 is 1.65. The summed E-state index contributed by atoms with van der Waals surface area (Å²) in [6, 6.07) is 5.83. The maximum absolute atomic E-state index is 12.2. The second-order valence-electron chi connectivity index (χ2n) is 5.64. The molecule has 1 heterocycles. The quantitative estimate of drug-likeness (QED) is 0.681. The summed E-state index contributed by atoms with van der Waals surface area (Å²) in [4.78, 5) is 14.1. The van der Waals surface area contributed by atoms with Gasteiger partial charge in [-0.25, -0.2) is 0 Å². The fourth-order valence-corrected chi connectivity index (χ4v) is 3.74. The molecule has 1 atom stereocenters. The molecule has 1 aliphatic rings. The SMILES string of the molecule is COc1ccc(C2SCC(=O)N2CCCOC(C)C)cc1OC. The summed E-state index contributed by atoms with van der Waals surface area (Å²) in [5, 5.41) is 0.0290. The van der Waals surface area contributed by atoms with Crippen molar-refractivity contribution in [3.05, 3.63) is 23.8 Å². The molecule has 128 valence electrons. The van der Waals surface area contributed by atoms with Crippen molar-refractivity contribution in [3.8, 4) is 11.5 Å². The molecule has 0 aliphatic carbocycles. The van der Waals surface area contributed by atoms with Gasteiger partial charge in [-0.15, -0.1) is 11.8 Å². The van der Waals surface area contributed by atoms with E-state index in [-0.39, 0.29) is 17.4 Å². The lowest BCUT2D eigenvalue weighted by Gasteiger charge is -2.25. The molecule has 1 fully saturated rings. The monoisotopic (exact) mass is 339 g/mol. The van der Waals surface area contributed by atoms with Crippen LogP contribution in [0.15, 0.2) is 18.2 Å². The first-order valence-electron chi connectivity index (χ1n) is 7.81. The zero-order valence-electron chi connectivity index (χ0n) is 14.2. The second-order valence-corrected chi connectivity index (χ2v) is 6.71. The van der Waals surface area contributed by atoms with Gasteiger partial charge in [-0.2, -0.15) is 0 Å². The summed E-state index contributed by atoms with van der Waals surface area (Å²) in [6.07, 6.45) is 1.06. The molecule has 1 aromatic carbocycles. The number of amides is 1. The Labute approximate surface area is 142 Å². The molecule has 0 aromatic heterocycles. The molecule has 0 spiro atoms. The van der Waals surface area contributed by atoms with E-state index < -0.39 is 0 Å². The van der Waals surface area contributed by atoms with Crippen molar-refractivity contribution in [3.63, 3.8) is 0 Å². The Balaban J connectivity index is 2.06. The van der Waals surface area contributed by atoms with Crippen molar-refractivity contribution in [2.45, 2.75) is 31.7 Å². The smallest absolute Gasteiger partial charge is 0.233 e. The average molecular weight is 339 g/mol. The first kappa shape index (κ1) is 17.9. The molecule has 1 aromatic rings. The van der Waals surface area contributed by atoms with Crippen molar-refractivity contribution in [1.82, 2.24) is 4.90 Å². The number of rotatable bonds is 8. The maximum atomic E-state index is 12.2. The van der Waals surface area contributed by atoms with Crippen LogP contribution in [0.4, 0.5) is 0 Å². The van der Waals surface area contributed by atoms with Crippen molar-refractivity contribution >= 4 is 17.7 Å². The fourth-order valence-electron chi connectivity index (χ4n) is 2.53. The number of thioether (sulfide) groups is 1. The molecule has 1 unspecified atom stereocenters. The average Bonchev–Trinajstić information content (AvgIpc) is 2.91. The predicted octanol–water partition coefficient (Wildman–Crippen LogP) is 3.09. The van der Waals surface area contributed by atoms with Crippen LogP contribution in [0, 0.1) is 0 Å². The number of carbonyl (C=O) groups excluding carboxylic acids is 1.